The van der Waals surface area contributed by atoms with E-state index in [-0.39, 0.29) is 27.9 Å². The van der Waals surface area contributed by atoms with Gasteiger partial charge < -0.3 is 4.90 Å². The zero-order valence-corrected chi connectivity index (χ0v) is 16.6. The van der Waals surface area contributed by atoms with Crippen LogP contribution in [0.4, 0.5) is 0 Å². The highest BCUT2D eigenvalue weighted by Gasteiger charge is 2.32. The molecule has 1 fully saturated rings. The molecule has 8 heteroatoms. The summed E-state index contributed by atoms with van der Waals surface area (Å²) in [6.45, 7) is 2.63. The number of amides is 1. The second-order valence-corrected chi connectivity index (χ2v) is 9.85. The Morgan fingerprint density at radius 1 is 1.31 bits per heavy atom. The Bertz CT molecular complexity index is 967. The molecule has 26 heavy (non-hydrogen) atoms. The van der Waals surface area contributed by atoms with Gasteiger partial charge in [-0.25, -0.2) is 13.1 Å². The molecule has 1 saturated carbocycles. The molecule has 0 spiro atoms. The molecule has 1 atom stereocenters. The Morgan fingerprint density at radius 2 is 2.08 bits per heavy atom. The van der Waals surface area contributed by atoms with Crippen molar-refractivity contribution >= 4 is 38.9 Å². The highest BCUT2D eigenvalue weighted by Crippen LogP contribution is 2.34. The molecule has 2 aliphatic rings. The Balaban J connectivity index is 1.64. The molecule has 1 amide bonds. The van der Waals surface area contributed by atoms with E-state index in [1.165, 1.54) is 22.6 Å². The predicted octanol–water partition coefficient (Wildman–Crippen LogP) is 3.60. The number of nitrogens with one attached hydrogen (secondary N) is 1. The van der Waals surface area contributed by atoms with Crippen molar-refractivity contribution < 1.29 is 13.2 Å². The van der Waals surface area contributed by atoms with Gasteiger partial charge in [-0.1, -0.05) is 11.6 Å². The van der Waals surface area contributed by atoms with E-state index in [0.29, 0.717) is 12.1 Å². The monoisotopic (exact) mass is 410 g/mol. The van der Waals surface area contributed by atoms with Gasteiger partial charge in [0.05, 0.1) is 11.1 Å². The minimum absolute atomic E-state index is 0.0189. The van der Waals surface area contributed by atoms with Crippen LogP contribution in [-0.2, 0) is 16.4 Å². The lowest BCUT2D eigenvalue weighted by molar-refractivity contribution is 0.0679. The van der Waals surface area contributed by atoms with Gasteiger partial charge in [0, 0.05) is 23.0 Å². The maximum atomic E-state index is 13.0. The number of hydrogen-bond acceptors (Lipinski definition) is 4. The van der Waals surface area contributed by atoms with Crippen molar-refractivity contribution in [2.75, 3.05) is 6.54 Å². The maximum absolute atomic E-state index is 13.0. The molecule has 5 nitrogen and oxygen atoms in total. The number of carbonyl (C=O) groups excluding carboxylic acids is 1. The number of hydrogen-bond donors (Lipinski definition) is 1. The summed E-state index contributed by atoms with van der Waals surface area (Å²) < 4.78 is 27.7. The summed E-state index contributed by atoms with van der Waals surface area (Å²) in [5.41, 5.74) is 1.52. The van der Waals surface area contributed by atoms with Gasteiger partial charge in [0.25, 0.3) is 5.91 Å². The number of halogens is 1. The van der Waals surface area contributed by atoms with Gasteiger partial charge in [0.2, 0.25) is 10.0 Å². The lowest BCUT2D eigenvalue weighted by Crippen LogP contribution is -2.38. The molecule has 0 radical (unpaired) electrons. The van der Waals surface area contributed by atoms with Crippen LogP contribution in [0.3, 0.4) is 0 Å². The molecule has 1 aromatic heterocycles. The molecule has 1 aliphatic heterocycles. The average Bonchev–Trinajstić information content (AvgIpc) is 3.26. The van der Waals surface area contributed by atoms with E-state index in [1.807, 2.05) is 12.3 Å². The topological polar surface area (TPSA) is 66.5 Å². The first-order valence-corrected chi connectivity index (χ1v) is 11.3. The van der Waals surface area contributed by atoms with E-state index < -0.39 is 10.0 Å². The van der Waals surface area contributed by atoms with Gasteiger partial charge in [0.1, 0.15) is 4.90 Å². The zero-order chi connectivity index (χ0) is 18.5. The lowest BCUT2D eigenvalue weighted by atomic mass is 10.0. The summed E-state index contributed by atoms with van der Waals surface area (Å²) >= 11 is 7.83. The van der Waals surface area contributed by atoms with Crippen LogP contribution in [0, 0.1) is 0 Å². The van der Waals surface area contributed by atoms with Crippen molar-refractivity contribution in [3.05, 3.63) is 50.7 Å². The third-order valence-electron chi connectivity index (χ3n) is 4.90. The van der Waals surface area contributed by atoms with Crippen LogP contribution in [0.25, 0.3) is 0 Å². The number of benzene rings is 1. The largest absolute Gasteiger partial charge is 0.331 e. The summed E-state index contributed by atoms with van der Waals surface area (Å²) in [7, 11) is -3.72. The number of carbonyl (C=O) groups is 1. The van der Waals surface area contributed by atoms with Gasteiger partial charge in [-0.2, -0.15) is 0 Å². The first-order valence-electron chi connectivity index (χ1n) is 8.56. The molecular formula is C18H19ClN2O3S2. The highest BCUT2D eigenvalue weighted by atomic mass is 35.5. The van der Waals surface area contributed by atoms with Crippen molar-refractivity contribution in [3.63, 3.8) is 0 Å². The second kappa shape index (κ2) is 6.64. The first kappa shape index (κ1) is 18.0. The van der Waals surface area contributed by atoms with Crippen LogP contribution >= 0.6 is 22.9 Å². The van der Waals surface area contributed by atoms with Crippen LogP contribution in [0.15, 0.2) is 34.5 Å². The Labute approximate surface area is 162 Å². The van der Waals surface area contributed by atoms with Gasteiger partial charge in [-0.15, -0.1) is 11.3 Å². The van der Waals surface area contributed by atoms with Crippen molar-refractivity contribution in [3.8, 4) is 0 Å². The van der Waals surface area contributed by atoms with Crippen LogP contribution in [0.2, 0.25) is 5.02 Å². The van der Waals surface area contributed by atoms with Crippen molar-refractivity contribution in [1.29, 1.82) is 0 Å². The summed E-state index contributed by atoms with van der Waals surface area (Å²) in [5, 5.41) is 2.17. The van der Waals surface area contributed by atoms with Crippen LogP contribution < -0.4 is 4.72 Å². The van der Waals surface area contributed by atoms with Crippen LogP contribution in [0.5, 0.6) is 0 Å². The molecule has 0 bridgehead atoms. The minimum atomic E-state index is -3.72. The van der Waals surface area contributed by atoms with E-state index in [4.69, 9.17) is 11.6 Å². The smallest absolute Gasteiger partial charge is 0.254 e. The van der Waals surface area contributed by atoms with E-state index in [1.54, 1.807) is 22.3 Å². The third kappa shape index (κ3) is 3.29. The Morgan fingerprint density at radius 3 is 2.81 bits per heavy atom. The molecular weight excluding hydrogens is 392 g/mol. The quantitative estimate of drug-likeness (QED) is 0.837. The van der Waals surface area contributed by atoms with Gasteiger partial charge in [0.15, 0.2) is 0 Å². The molecule has 1 N–H and O–H groups in total. The van der Waals surface area contributed by atoms with Crippen molar-refractivity contribution in [1.82, 2.24) is 9.62 Å². The summed E-state index contributed by atoms with van der Waals surface area (Å²) in [5.74, 6) is -0.172. The number of rotatable bonds is 4. The molecule has 1 aromatic carbocycles. The third-order valence-corrected chi connectivity index (χ3v) is 7.90. The van der Waals surface area contributed by atoms with Crippen molar-refractivity contribution in [2.45, 2.75) is 43.2 Å². The predicted molar refractivity (Wildman–Crippen MR) is 102 cm³/mol. The molecule has 138 valence electrons. The molecule has 2 aromatic rings. The lowest BCUT2D eigenvalue weighted by Gasteiger charge is -2.33. The fourth-order valence-electron chi connectivity index (χ4n) is 3.28. The van der Waals surface area contributed by atoms with Crippen molar-refractivity contribution in [2.24, 2.45) is 0 Å². The highest BCUT2D eigenvalue weighted by molar-refractivity contribution is 7.89. The standard InChI is InChI=1S/C18H19ClN2O3S2/c1-11-14-7-9-25-16(14)6-8-21(11)18(22)12-2-5-15(19)17(10-12)26(23,24)20-13-3-4-13/h2,5,7,9-11,13,20H,3-4,6,8H2,1H3/t11-/m0/s1. The normalized spacial score (nSPS) is 20.1. The van der Waals surface area contributed by atoms with Gasteiger partial charge >= 0.3 is 0 Å². The van der Waals surface area contributed by atoms with E-state index >= 15 is 0 Å². The molecule has 2 heterocycles. The SMILES string of the molecule is C[C@H]1c2ccsc2CCN1C(=O)c1ccc(Cl)c(S(=O)(=O)NC2CC2)c1. The van der Waals surface area contributed by atoms with Crippen LogP contribution in [-0.4, -0.2) is 31.8 Å². The minimum Gasteiger partial charge on any atom is -0.331 e. The number of fused-ring (bicyclic) bond motifs is 1. The summed E-state index contributed by atoms with van der Waals surface area (Å²) in [6.07, 6.45) is 2.50. The Hall–Kier alpha value is -1.41. The number of sulfonamides is 1. The summed E-state index contributed by atoms with van der Waals surface area (Å²) in [4.78, 5) is 16.1. The summed E-state index contributed by atoms with van der Waals surface area (Å²) in [6, 6.07) is 6.48. The average molecular weight is 411 g/mol. The fourth-order valence-corrected chi connectivity index (χ4v) is 6.07. The Kier molecular flexibility index (Phi) is 4.59. The van der Waals surface area contributed by atoms with E-state index in [0.717, 1.165) is 19.3 Å². The van der Waals surface area contributed by atoms with E-state index in [2.05, 4.69) is 10.8 Å². The van der Waals surface area contributed by atoms with E-state index in [9.17, 15) is 13.2 Å². The molecule has 4 rings (SSSR count). The zero-order valence-electron chi connectivity index (χ0n) is 14.2. The fraction of sp³-hybridized carbons (Fsp3) is 0.389. The number of thiophene rings is 1. The second-order valence-electron chi connectivity index (χ2n) is 6.76. The molecule has 0 unspecified atom stereocenters. The van der Waals surface area contributed by atoms with Gasteiger partial charge in [-0.3, -0.25) is 4.79 Å². The first-order chi connectivity index (χ1) is 12.4. The molecule has 0 saturated heterocycles. The van der Waals surface area contributed by atoms with Crippen LogP contribution in [0.1, 0.15) is 46.6 Å². The number of nitrogens with zero attached hydrogens (tertiary/aromatic N) is 1. The van der Waals surface area contributed by atoms with Gasteiger partial charge in [-0.05, 0) is 61.4 Å². The molecule has 1 aliphatic carbocycles. The maximum Gasteiger partial charge on any atom is 0.254 e.